The Morgan fingerprint density at radius 3 is 2.70 bits per heavy atom. The highest BCUT2D eigenvalue weighted by Crippen LogP contribution is 2.61. The number of nitrogens with one attached hydrogen (secondary N) is 1. The zero-order valence-corrected chi connectivity index (χ0v) is 20.7. The van der Waals surface area contributed by atoms with E-state index in [1.807, 2.05) is 19.1 Å². The van der Waals surface area contributed by atoms with Gasteiger partial charge in [-0.15, -0.1) is 0 Å². The lowest BCUT2D eigenvalue weighted by molar-refractivity contribution is -0.128. The van der Waals surface area contributed by atoms with E-state index >= 15 is 0 Å². The zero-order valence-electron chi connectivity index (χ0n) is 19.9. The van der Waals surface area contributed by atoms with Crippen molar-refractivity contribution in [2.45, 2.75) is 52.9 Å². The number of rotatable bonds is 6. The number of amides is 1. The zero-order chi connectivity index (χ0) is 23.2. The third-order valence-electron chi connectivity index (χ3n) is 8.56. The Labute approximate surface area is 200 Å². The van der Waals surface area contributed by atoms with E-state index in [9.17, 15) is 9.59 Å². The molecule has 6 rings (SSSR count). The van der Waals surface area contributed by atoms with Crippen LogP contribution in [-0.4, -0.2) is 43.1 Å². The van der Waals surface area contributed by atoms with Crippen LogP contribution >= 0.6 is 11.3 Å². The maximum Gasteiger partial charge on any atom is 0.338 e. The molecule has 1 aromatic carbocycles. The number of hydrogen-bond donors (Lipinski definition) is 1. The predicted molar refractivity (Wildman–Crippen MR) is 132 cm³/mol. The summed E-state index contributed by atoms with van der Waals surface area (Å²) < 4.78 is 6.10. The SMILES string of the molecule is CCOC(=O)c1ccc2nc(N3CCC(C(=O)NC[C@@H]4CC[C@H]5C[C@@H]4C5(C)C)CC3)sc2c1. The number of esters is 1. The van der Waals surface area contributed by atoms with Gasteiger partial charge in [0.25, 0.3) is 0 Å². The third-order valence-corrected chi connectivity index (χ3v) is 9.64. The van der Waals surface area contributed by atoms with Crippen LogP contribution in [0, 0.1) is 29.1 Å². The highest BCUT2D eigenvalue weighted by Gasteiger charge is 2.54. The van der Waals surface area contributed by atoms with Gasteiger partial charge in [-0.05, 0) is 80.4 Å². The van der Waals surface area contributed by atoms with E-state index < -0.39 is 0 Å². The Hall–Kier alpha value is -2.15. The maximum absolute atomic E-state index is 12.9. The van der Waals surface area contributed by atoms with Crippen LogP contribution in [0.15, 0.2) is 18.2 Å². The minimum absolute atomic E-state index is 0.0942. The van der Waals surface area contributed by atoms with E-state index in [0.29, 0.717) is 23.5 Å². The number of nitrogens with zero attached hydrogens (tertiary/aromatic N) is 2. The molecule has 0 unspecified atom stereocenters. The molecule has 0 spiro atoms. The van der Waals surface area contributed by atoms with Gasteiger partial charge in [-0.25, -0.2) is 9.78 Å². The van der Waals surface area contributed by atoms with Crippen molar-refractivity contribution < 1.29 is 14.3 Å². The van der Waals surface area contributed by atoms with Crippen molar-refractivity contribution in [1.29, 1.82) is 0 Å². The van der Waals surface area contributed by atoms with E-state index in [-0.39, 0.29) is 17.8 Å². The minimum atomic E-state index is -0.296. The summed E-state index contributed by atoms with van der Waals surface area (Å²) in [4.78, 5) is 31.9. The lowest BCUT2D eigenvalue weighted by Gasteiger charge is -2.60. The molecule has 2 aromatic rings. The van der Waals surface area contributed by atoms with Gasteiger partial charge in [0, 0.05) is 25.6 Å². The van der Waals surface area contributed by atoms with E-state index in [1.54, 1.807) is 17.4 Å². The first-order valence-corrected chi connectivity index (χ1v) is 13.3. The van der Waals surface area contributed by atoms with Crippen LogP contribution in [0.3, 0.4) is 0 Å². The van der Waals surface area contributed by atoms with Crippen molar-refractivity contribution in [3.05, 3.63) is 23.8 Å². The fourth-order valence-electron chi connectivity index (χ4n) is 6.30. The number of ether oxygens (including phenoxy) is 1. The Bertz CT molecular complexity index is 1040. The van der Waals surface area contributed by atoms with E-state index in [2.05, 4.69) is 24.1 Å². The summed E-state index contributed by atoms with van der Waals surface area (Å²) in [6.07, 6.45) is 5.67. The van der Waals surface area contributed by atoms with Crippen molar-refractivity contribution in [1.82, 2.24) is 10.3 Å². The van der Waals surface area contributed by atoms with Gasteiger partial charge in [0.1, 0.15) is 0 Å². The summed E-state index contributed by atoms with van der Waals surface area (Å²) in [6, 6.07) is 5.53. The maximum atomic E-state index is 12.9. The molecule has 3 aliphatic carbocycles. The second-order valence-corrected chi connectivity index (χ2v) is 11.6. The summed E-state index contributed by atoms with van der Waals surface area (Å²) in [5.41, 5.74) is 1.93. The molecule has 1 amide bonds. The first kappa shape index (κ1) is 22.6. The molecule has 4 fully saturated rings. The van der Waals surface area contributed by atoms with Gasteiger partial charge in [-0.2, -0.15) is 0 Å². The van der Waals surface area contributed by atoms with Gasteiger partial charge in [-0.1, -0.05) is 25.2 Å². The number of hydrogen-bond acceptors (Lipinski definition) is 6. The topological polar surface area (TPSA) is 71.5 Å². The second-order valence-electron chi connectivity index (χ2n) is 10.6. The molecule has 4 aliphatic rings. The molecule has 2 bridgehead atoms. The van der Waals surface area contributed by atoms with Gasteiger partial charge >= 0.3 is 5.97 Å². The number of aromatic nitrogens is 1. The molecule has 3 atom stereocenters. The quantitative estimate of drug-likeness (QED) is 0.611. The first-order valence-electron chi connectivity index (χ1n) is 12.5. The van der Waals surface area contributed by atoms with Crippen LogP contribution in [0.2, 0.25) is 0 Å². The van der Waals surface area contributed by atoms with Gasteiger partial charge < -0.3 is 15.0 Å². The fraction of sp³-hybridized carbons (Fsp3) is 0.654. The van der Waals surface area contributed by atoms with Crippen LogP contribution in [0.1, 0.15) is 63.2 Å². The summed E-state index contributed by atoms with van der Waals surface area (Å²) in [5.74, 6) is 2.36. The Balaban J connectivity index is 1.14. The summed E-state index contributed by atoms with van der Waals surface area (Å²) in [5, 5.41) is 4.27. The third kappa shape index (κ3) is 4.25. The van der Waals surface area contributed by atoms with Gasteiger partial charge in [0.2, 0.25) is 5.91 Å². The van der Waals surface area contributed by atoms with Crippen molar-refractivity contribution in [3.63, 3.8) is 0 Å². The fourth-order valence-corrected chi connectivity index (χ4v) is 7.36. The van der Waals surface area contributed by atoms with E-state index in [1.165, 1.54) is 19.3 Å². The lowest BCUT2D eigenvalue weighted by Crippen LogP contribution is -2.55. The molecular weight excluding hydrogens is 434 g/mol. The molecule has 178 valence electrons. The van der Waals surface area contributed by atoms with Crippen molar-refractivity contribution in [2.75, 3.05) is 31.1 Å². The molecule has 1 saturated heterocycles. The van der Waals surface area contributed by atoms with E-state index in [0.717, 1.165) is 59.7 Å². The molecule has 6 nitrogen and oxygen atoms in total. The largest absolute Gasteiger partial charge is 0.462 e. The number of thiazole rings is 1. The van der Waals surface area contributed by atoms with Crippen molar-refractivity contribution in [2.24, 2.45) is 29.1 Å². The Morgan fingerprint density at radius 2 is 2.00 bits per heavy atom. The van der Waals surface area contributed by atoms with Crippen molar-refractivity contribution in [3.8, 4) is 0 Å². The molecule has 0 radical (unpaired) electrons. The lowest BCUT2D eigenvalue weighted by atomic mass is 9.45. The highest BCUT2D eigenvalue weighted by atomic mass is 32.1. The monoisotopic (exact) mass is 469 g/mol. The standard InChI is InChI=1S/C26H35N3O3S/c1-4-32-24(31)17-6-8-21-22(13-17)33-25(28-21)29-11-9-16(10-12-29)23(30)27-15-18-5-7-19-14-20(18)26(19,2)3/h6,8,13,16,18-20H,4-5,7,9-12,14-15H2,1-3H3,(H,27,30)/t18-,19-,20-/m0/s1. The van der Waals surface area contributed by atoms with Gasteiger partial charge in [0.15, 0.2) is 5.13 Å². The van der Waals surface area contributed by atoms with Crippen LogP contribution < -0.4 is 10.2 Å². The first-order chi connectivity index (χ1) is 15.9. The molecule has 1 aliphatic heterocycles. The second kappa shape index (κ2) is 8.90. The van der Waals surface area contributed by atoms with Crippen molar-refractivity contribution >= 4 is 38.6 Å². The molecule has 7 heteroatoms. The number of carbonyl (C=O) groups excluding carboxylic acids is 2. The molecule has 33 heavy (non-hydrogen) atoms. The predicted octanol–water partition coefficient (Wildman–Crippen LogP) is 4.88. The smallest absolute Gasteiger partial charge is 0.338 e. The number of fused-ring (bicyclic) bond motifs is 3. The number of carbonyl (C=O) groups is 2. The van der Waals surface area contributed by atoms with Crippen LogP contribution in [-0.2, 0) is 9.53 Å². The molecule has 1 aromatic heterocycles. The number of piperidine rings is 1. The summed E-state index contributed by atoms with van der Waals surface area (Å²) in [6.45, 7) is 9.52. The van der Waals surface area contributed by atoms with Gasteiger partial charge in [-0.3, -0.25) is 4.79 Å². The van der Waals surface area contributed by atoms with E-state index in [4.69, 9.17) is 9.72 Å². The van der Waals surface area contributed by atoms with Crippen LogP contribution in [0.4, 0.5) is 5.13 Å². The van der Waals surface area contributed by atoms with Gasteiger partial charge in [0.05, 0.1) is 22.4 Å². The molecule has 3 saturated carbocycles. The summed E-state index contributed by atoms with van der Waals surface area (Å²) in [7, 11) is 0. The molecular formula is C26H35N3O3S. The number of benzene rings is 1. The molecule has 1 N–H and O–H groups in total. The highest BCUT2D eigenvalue weighted by molar-refractivity contribution is 7.22. The van der Waals surface area contributed by atoms with Crippen LogP contribution in [0.25, 0.3) is 10.2 Å². The average Bonchev–Trinajstić information content (AvgIpc) is 3.26. The Morgan fingerprint density at radius 1 is 1.21 bits per heavy atom. The van der Waals surface area contributed by atoms with Crippen LogP contribution in [0.5, 0.6) is 0 Å². The minimum Gasteiger partial charge on any atom is -0.462 e. The normalized spacial score (nSPS) is 26.6. The number of anilines is 1. The Kier molecular flexibility index (Phi) is 6.10. The summed E-state index contributed by atoms with van der Waals surface area (Å²) >= 11 is 1.60. The molecule has 2 heterocycles. The average molecular weight is 470 g/mol.